The van der Waals surface area contributed by atoms with E-state index >= 15 is 0 Å². The summed E-state index contributed by atoms with van der Waals surface area (Å²) in [6.45, 7) is 13.9. The highest BCUT2D eigenvalue weighted by molar-refractivity contribution is 6.01. The van der Waals surface area contributed by atoms with E-state index in [-0.39, 0.29) is 5.92 Å². The normalized spacial score (nSPS) is 19.0. The molecule has 1 heterocycles. The Morgan fingerprint density at radius 1 is 1.14 bits per heavy atom. The molecule has 1 aliphatic rings. The van der Waals surface area contributed by atoms with Crippen LogP contribution in [0.25, 0.3) is 10.9 Å². The van der Waals surface area contributed by atoms with Crippen molar-refractivity contribution >= 4 is 22.5 Å². The van der Waals surface area contributed by atoms with Gasteiger partial charge in [0.1, 0.15) is 5.82 Å². The molecule has 3 nitrogen and oxygen atoms in total. The average Bonchev–Trinajstić information content (AvgIpc) is 2.74. The summed E-state index contributed by atoms with van der Waals surface area (Å²) >= 11 is 0. The molecule has 0 spiro atoms. The number of nitrogens with zero attached hydrogens (tertiary/aromatic N) is 1. The zero-order valence-corrected chi connectivity index (χ0v) is 19.3. The van der Waals surface area contributed by atoms with E-state index < -0.39 is 0 Å². The maximum absolute atomic E-state index is 12.9. The number of fused-ring (bicyclic) bond motifs is 1. The minimum Gasteiger partial charge on any atom is -0.370 e. The number of benzene rings is 1. The van der Waals surface area contributed by atoms with Crippen molar-refractivity contribution in [3.63, 3.8) is 0 Å². The quantitative estimate of drug-likeness (QED) is 0.500. The number of carbonyl (C=O) groups excluding carboxylic acids is 1. The minimum absolute atomic E-state index is 0.203. The first-order valence-electron chi connectivity index (χ1n) is 11.7. The third-order valence-electron chi connectivity index (χ3n) is 5.96. The molecule has 0 bridgehead atoms. The molecule has 3 heteroatoms. The molecule has 29 heavy (non-hydrogen) atoms. The van der Waals surface area contributed by atoms with Gasteiger partial charge in [-0.05, 0) is 67.3 Å². The van der Waals surface area contributed by atoms with Gasteiger partial charge in [-0.3, -0.25) is 4.79 Å². The van der Waals surface area contributed by atoms with Crippen LogP contribution in [0.5, 0.6) is 0 Å². The van der Waals surface area contributed by atoms with Gasteiger partial charge in [-0.1, -0.05) is 54.4 Å². The second kappa shape index (κ2) is 11.3. The number of hydrogen-bond donors (Lipinski definition) is 1. The van der Waals surface area contributed by atoms with Crippen molar-refractivity contribution in [2.24, 2.45) is 17.8 Å². The Hall–Kier alpha value is -1.90. The van der Waals surface area contributed by atoms with Crippen molar-refractivity contribution in [3.8, 4) is 0 Å². The lowest BCUT2D eigenvalue weighted by atomic mass is 9.79. The van der Waals surface area contributed by atoms with Gasteiger partial charge >= 0.3 is 0 Å². The molecule has 1 saturated carbocycles. The van der Waals surface area contributed by atoms with Gasteiger partial charge < -0.3 is 5.32 Å². The molecule has 0 amide bonds. The van der Waals surface area contributed by atoms with E-state index in [1.165, 1.54) is 18.4 Å². The van der Waals surface area contributed by atoms with Crippen LogP contribution in [0.1, 0.15) is 89.6 Å². The van der Waals surface area contributed by atoms with Crippen LogP contribution in [-0.2, 0) is 6.42 Å². The minimum atomic E-state index is 0.203. The van der Waals surface area contributed by atoms with Crippen LogP contribution in [0.4, 0.5) is 5.82 Å². The Morgan fingerprint density at radius 2 is 1.83 bits per heavy atom. The van der Waals surface area contributed by atoms with Crippen molar-refractivity contribution < 1.29 is 4.79 Å². The van der Waals surface area contributed by atoms with E-state index in [1.54, 1.807) is 0 Å². The SMILES string of the molecule is CC.CCc1cc2cc(C(=O)C3CCC(C)CC3)ccc2nc1NCCC(C)C. The first-order valence-corrected chi connectivity index (χ1v) is 11.7. The van der Waals surface area contributed by atoms with Gasteiger partial charge in [0, 0.05) is 23.4 Å². The highest BCUT2D eigenvalue weighted by Crippen LogP contribution is 2.31. The number of anilines is 1. The Labute approximate surface area is 177 Å². The van der Waals surface area contributed by atoms with Crippen LogP contribution < -0.4 is 5.32 Å². The summed E-state index contributed by atoms with van der Waals surface area (Å²) in [5.41, 5.74) is 3.04. The van der Waals surface area contributed by atoms with Crippen LogP contribution in [0.3, 0.4) is 0 Å². The molecular weight excluding hydrogens is 356 g/mol. The molecule has 0 saturated heterocycles. The topological polar surface area (TPSA) is 42.0 Å². The Balaban J connectivity index is 0.00000145. The number of hydrogen-bond acceptors (Lipinski definition) is 3. The zero-order valence-electron chi connectivity index (χ0n) is 19.3. The van der Waals surface area contributed by atoms with E-state index in [0.29, 0.717) is 11.7 Å². The van der Waals surface area contributed by atoms with E-state index in [9.17, 15) is 4.79 Å². The molecule has 160 valence electrons. The van der Waals surface area contributed by atoms with Gasteiger partial charge in [-0.25, -0.2) is 4.98 Å². The molecule has 2 aromatic rings. The number of nitrogens with one attached hydrogen (secondary N) is 1. The Kier molecular flexibility index (Phi) is 9.13. The van der Waals surface area contributed by atoms with Gasteiger partial charge in [-0.15, -0.1) is 0 Å². The molecule has 1 N–H and O–H groups in total. The smallest absolute Gasteiger partial charge is 0.165 e. The van der Waals surface area contributed by atoms with Gasteiger partial charge in [0.05, 0.1) is 5.52 Å². The molecule has 0 unspecified atom stereocenters. The lowest BCUT2D eigenvalue weighted by molar-refractivity contribution is 0.0876. The van der Waals surface area contributed by atoms with Crippen LogP contribution in [0.15, 0.2) is 24.3 Å². The number of aromatic nitrogens is 1. The fraction of sp³-hybridized carbons (Fsp3) is 0.615. The molecule has 0 aliphatic heterocycles. The van der Waals surface area contributed by atoms with Crippen molar-refractivity contribution in [1.82, 2.24) is 4.98 Å². The van der Waals surface area contributed by atoms with E-state index in [2.05, 4.69) is 45.1 Å². The van der Waals surface area contributed by atoms with E-state index in [4.69, 9.17) is 4.98 Å². The second-order valence-electron chi connectivity index (χ2n) is 8.69. The summed E-state index contributed by atoms with van der Waals surface area (Å²) in [5, 5.41) is 4.58. The largest absolute Gasteiger partial charge is 0.370 e. The fourth-order valence-corrected chi connectivity index (χ4v) is 4.03. The van der Waals surface area contributed by atoms with E-state index in [1.807, 2.05) is 26.0 Å². The molecule has 1 aromatic carbocycles. The third-order valence-corrected chi connectivity index (χ3v) is 5.96. The first-order chi connectivity index (χ1) is 14.0. The van der Waals surface area contributed by atoms with Crippen LogP contribution in [0, 0.1) is 17.8 Å². The predicted octanol–water partition coefficient (Wildman–Crippen LogP) is 7.29. The van der Waals surface area contributed by atoms with Crippen LogP contribution >= 0.6 is 0 Å². The summed E-state index contributed by atoms with van der Waals surface area (Å²) in [7, 11) is 0. The number of ketones is 1. The maximum atomic E-state index is 12.9. The monoisotopic (exact) mass is 396 g/mol. The summed E-state index contributed by atoms with van der Waals surface area (Å²) in [6.07, 6.45) is 6.50. The molecule has 1 aliphatic carbocycles. The molecule has 0 radical (unpaired) electrons. The maximum Gasteiger partial charge on any atom is 0.165 e. The Morgan fingerprint density at radius 3 is 2.45 bits per heavy atom. The predicted molar refractivity (Wildman–Crippen MR) is 126 cm³/mol. The number of carbonyl (C=O) groups is 1. The molecule has 0 atom stereocenters. The van der Waals surface area contributed by atoms with Crippen molar-refractivity contribution in [1.29, 1.82) is 0 Å². The number of rotatable bonds is 7. The number of Topliss-reactive ketones (excluding diaryl/α,β-unsaturated/α-hetero) is 1. The third kappa shape index (κ3) is 6.29. The summed E-state index contributed by atoms with van der Waals surface area (Å²) < 4.78 is 0. The highest BCUT2D eigenvalue weighted by atomic mass is 16.1. The molecule has 1 aromatic heterocycles. The molecule has 3 rings (SSSR count). The van der Waals surface area contributed by atoms with Gasteiger partial charge in [0.2, 0.25) is 0 Å². The first kappa shape index (κ1) is 23.4. The number of pyridine rings is 1. The average molecular weight is 397 g/mol. The summed E-state index contributed by atoms with van der Waals surface area (Å²) in [4.78, 5) is 17.8. The lowest BCUT2D eigenvalue weighted by Gasteiger charge is -2.25. The van der Waals surface area contributed by atoms with Crippen LogP contribution in [-0.4, -0.2) is 17.3 Å². The summed E-state index contributed by atoms with van der Waals surface area (Å²) in [5.74, 6) is 2.96. The van der Waals surface area contributed by atoms with Crippen molar-refractivity contribution in [2.45, 2.75) is 80.1 Å². The summed E-state index contributed by atoms with van der Waals surface area (Å²) in [6, 6.07) is 8.25. The number of aryl methyl sites for hydroxylation is 1. The fourth-order valence-electron chi connectivity index (χ4n) is 4.03. The lowest BCUT2D eigenvalue weighted by Crippen LogP contribution is -2.21. The highest BCUT2D eigenvalue weighted by Gasteiger charge is 2.25. The zero-order chi connectivity index (χ0) is 21.4. The second-order valence-corrected chi connectivity index (χ2v) is 8.69. The molecule has 1 fully saturated rings. The van der Waals surface area contributed by atoms with Gasteiger partial charge in [-0.2, -0.15) is 0 Å². The van der Waals surface area contributed by atoms with Gasteiger partial charge in [0.15, 0.2) is 5.78 Å². The van der Waals surface area contributed by atoms with Gasteiger partial charge in [0.25, 0.3) is 0 Å². The van der Waals surface area contributed by atoms with E-state index in [0.717, 1.165) is 60.4 Å². The molecular formula is C26H40N2O. The Bertz CT molecular complexity index is 789. The van der Waals surface area contributed by atoms with Crippen LogP contribution in [0.2, 0.25) is 0 Å². The van der Waals surface area contributed by atoms with Crippen molar-refractivity contribution in [2.75, 3.05) is 11.9 Å². The van der Waals surface area contributed by atoms with Crippen molar-refractivity contribution in [3.05, 3.63) is 35.4 Å². The standard InChI is InChI=1S/C24H34N2O.C2H6/c1-5-18-14-21-15-20(23(27)19-8-6-17(4)7-9-19)10-11-22(21)26-24(18)25-13-12-16(2)3;1-2/h10-11,14-17,19H,5-9,12-13H2,1-4H3,(H,25,26);1-2H3.